The highest BCUT2D eigenvalue weighted by molar-refractivity contribution is 5.91. The Morgan fingerprint density at radius 3 is 2.62 bits per heavy atom. The van der Waals surface area contributed by atoms with E-state index in [-0.39, 0.29) is 18.0 Å². The van der Waals surface area contributed by atoms with Crippen molar-refractivity contribution in [1.29, 1.82) is 0 Å². The number of hydrogen-bond donors (Lipinski definition) is 2. The maximum absolute atomic E-state index is 13.2. The molecule has 3 rings (SSSR count). The quantitative estimate of drug-likeness (QED) is 0.829. The lowest BCUT2D eigenvalue weighted by atomic mass is 10.2. The number of nitrogens with zero attached hydrogens (tertiary/aromatic N) is 1. The molecule has 0 saturated carbocycles. The second kappa shape index (κ2) is 8.62. The first-order chi connectivity index (χ1) is 12.6. The molecule has 5 nitrogen and oxygen atoms in total. The van der Waals surface area contributed by atoms with E-state index in [1.165, 1.54) is 6.07 Å². The summed E-state index contributed by atoms with van der Waals surface area (Å²) in [6, 6.07) is 11.2. The minimum atomic E-state index is -0.986. The minimum absolute atomic E-state index is 0.205. The fourth-order valence-corrected chi connectivity index (χ4v) is 2.81. The summed E-state index contributed by atoms with van der Waals surface area (Å²) in [5, 5.41) is 5.83. The third kappa shape index (κ3) is 4.70. The smallest absolute Gasteiger partial charge is 0.226 e. The monoisotopic (exact) mass is 361 g/mol. The molecule has 0 unspecified atom stereocenters. The van der Waals surface area contributed by atoms with E-state index in [4.69, 9.17) is 4.74 Å². The van der Waals surface area contributed by atoms with Crippen LogP contribution in [0.3, 0.4) is 0 Å². The van der Waals surface area contributed by atoms with Crippen LogP contribution in [-0.2, 0) is 9.53 Å². The number of para-hydroxylation sites is 2. The lowest BCUT2D eigenvalue weighted by molar-refractivity contribution is -0.115. The zero-order chi connectivity index (χ0) is 18.4. The summed E-state index contributed by atoms with van der Waals surface area (Å²) in [6.07, 6.45) is 0.205. The molecule has 1 amide bonds. The van der Waals surface area contributed by atoms with E-state index >= 15 is 0 Å². The van der Waals surface area contributed by atoms with Gasteiger partial charge < -0.3 is 20.3 Å². The first-order valence-electron chi connectivity index (χ1n) is 8.54. The van der Waals surface area contributed by atoms with E-state index in [1.807, 2.05) is 24.3 Å². The van der Waals surface area contributed by atoms with Gasteiger partial charge in [-0.15, -0.1) is 0 Å². The van der Waals surface area contributed by atoms with Crippen LogP contribution >= 0.6 is 0 Å². The van der Waals surface area contributed by atoms with Crippen molar-refractivity contribution in [2.45, 2.75) is 6.42 Å². The van der Waals surface area contributed by atoms with Crippen LogP contribution in [0, 0.1) is 11.6 Å². The van der Waals surface area contributed by atoms with E-state index in [0.29, 0.717) is 19.8 Å². The first kappa shape index (κ1) is 18.1. The number of hydrogen-bond acceptors (Lipinski definition) is 4. The van der Waals surface area contributed by atoms with Gasteiger partial charge in [0.1, 0.15) is 0 Å². The fourth-order valence-electron chi connectivity index (χ4n) is 2.81. The van der Waals surface area contributed by atoms with Gasteiger partial charge in [-0.2, -0.15) is 0 Å². The number of halogens is 2. The van der Waals surface area contributed by atoms with Crippen molar-refractivity contribution in [3.63, 3.8) is 0 Å². The molecule has 0 spiro atoms. The number of benzene rings is 2. The Bertz CT molecular complexity index is 764. The molecule has 1 heterocycles. The second-order valence-electron chi connectivity index (χ2n) is 5.97. The Labute approximate surface area is 151 Å². The van der Waals surface area contributed by atoms with Gasteiger partial charge in [-0.25, -0.2) is 8.78 Å². The van der Waals surface area contributed by atoms with Gasteiger partial charge in [0.25, 0.3) is 0 Å². The van der Waals surface area contributed by atoms with Crippen molar-refractivity contribution in [2.75, 3.05) is 48.4 Å². The Morgan fingerprint density at radius 2 is 1.85 bits per heavy atom. The number of anilines is 3. The summed E-state index contributed by atoms with van der Waals surface area (Å²) in [4.78, 5) is 14.2. The van der Waals surface area contributed by atoms with Crippen molar-refractivity contribution in [2.24, 2.45) is 0 Å². The number of carbonyl (C=O) groups is 1. The van der Waals surface area contributed by atoms with Gasteiger partial charge in [0, 0.05) is 37.8 Å². The van der Waals surface area contributed by atoms with Crippen LogP contribution in [0.4, 0.5) is 25.8 Å². The van der Waals surface area contributed by atoms with Crippen molar-refractivity contribution in [1.82, 2.24) is 0 Å². The highest BCUT2D eigenvalue weighted by atomic mass is 19.2. The highest BCUT2D eigenvalue weighted by Gasteiger charge is 2.14. The number of amides is 1. The van der Waals surface area contributed by atoms with Gasteiger partial charge in [-0.05, 0) is 24.3 Å². The molecular formula is C19H21F2N3O2. The molecule has 0 aromatic heterocycles. The Morgan fingerprint density at radius 1 is 1.08 bits per heavy atom. The molecule has 0 atom stereocenters. The Kier molecular flexibility index (Phi) is 6.01. The van der Waals surface area contributed by atoms with E-state index < -0.39 is 11.6 Å². The summed E-state index contributed by atoms with van der Waals surface area (Å²) >= 11 is 0. The van der Waals surface area contributed by atoms with Crippen LogP contribution in [0.15, 0.2) is 42.5 Å². The SMILES string of the molecule is O=C(CCNc1ccccc1N1CCOCC1)Nc1ccc(F)c(F)c1. The van der Waals surface area contributed by atoms with Crippen LogP contribution in [0.1, 0.15) is 6.42 Å². The fraction of sp³-hybridized carbons (Fsp3) is 0.316. The van der Waals surface area contributed by atoms with E-state index in [2.05, 4.69) is 15.5 Å². The number of carbonyl (C=O) groups excluding carboxylic acids is 1. The van der Waals surface area contributed by atoms with Crippen molar-refractivity contribution < 1.29 is 18.3 Å². The first-order valence-corrected chi connectivity index (χ1v) is 8.54. The molecular weight excluding hydrogens is 340 g/mol. The zero-order valence-corrected chi connectivity index (χ0v) is 14.3. The van der Waals surface area contributed by atoms with Crippen LogP contribution in [0.5, 0.6) is 0 Å². The summed E-state index contributed by atoms with van der Waals surface area (Å²) in [5.41, 5.74) is 2.27. The largest absolute Gasteiger partial charge is 0.383 e. The van der Waals surface area contributed by atoms with Gasteiger partial charge in [-0.3, -0.25) is 4.79 Å². The number of nitrogens with one attached hydrogen (secondary N) is 2. The van der Waals surface area contributed by atoms with Gasteiger partial charge in [0.05, 0.1) is 24.6 Å². The average Bonchev–Trinajstić information content (AvgIpc) is 2.66. The third-order valence-corrected chi connectivity index (χ3v) is 4.13. The maximum Gasteiger partial charge on any atom is 0.226 e. The molecule has 2 aromatic rings. The molecule has 0 aliphatic carbocycles. The van der Waals surface area contributed by atoms with Gasteiger partial charge in [-0.1, -0.05) is 12.1 Å². The molecule has 2 aromatic carbocycles. The van der Waals surface area contributed by atoms with Gasteiger partial charge in [0.15, 0.2) is 11.6 Å². The lowest BCUT2D eigenvalue weighted by Crippen LogP contribution is -2.36. The van der Waals surface area contributed by atoms with E-state index in [1.54, 1.807) is 0 Å². The molecule has 0 bridgehead atoms. The summed E-state index contributed by atoms with van der Waals surface area (Å²) in [5.74, 6) is -2.20. The summed E-state index contributed by atoms with van der Waals surface area (Å²) < 4.78 is 31.5. The lowest BCUT2D eigenvalue weighted by Gasteiger charge is -2.30. The average molecular weight is 361 g/mol. The highest BCUT2D eigenvalue weighted by Crippen LogP contribution is 2.26. The third-order valence-electron chi connectivity index (χ3n) is 4.13. The molecule has 1 saturated heterocycles. The number of rotatable bonds is 6. The zero-order valence-electron chi connectivity index (χ0n) is 14.3. The Hall–Kier alpha value is -2.67. The maximum atomic E-state index is 13.2. The number of ether oxygens (including phenoxy) is 1. The molecule has 1 fully saturated rings. The topological polar surface area (TPSA) is 53.6 Å². The molecule has 138 valence electrons. The molecule has 7 heteroatoms. The van der Waals surface area contributed by atoms with Crippen LogP contribution in [0.2, 0.25) is 0 Å². The van der Waals surface area contributed by atoms with Crippen LogP contribution in [-0.4, -0.2) is 38.8 Å². The Balaban J connectivity index is 1.53. The normalized spacial score (nSPS) is 14.2. The predicted octanol–water partition coefficient (Wildman–Crippen LogP) is 3.24. The van der Waals surface area contributed by atoms with Crippen molar-refractivity contribution in [3.05, 3.63) is 54.1 Å². The molecule has 1 aliphatic rings. The molecule has 0 radical (unpaired) electrons. The van der Waals surface area contributed by atoms with E-state index in [9.17, 15) is 13.6 Å². The molecule has 1 aliphatic heterocycles. The van der Waals surface area contributed by atoms with Crippen LogP contribution in [0.25, 0.3) is 0 Å². The second-order valence-corrected chi connectivity index (χ2v) is 5.97. The summed E-state index contributed by atoms with van der Waals surface area (Å²) in [7, 11) is 0. The standard InChI is InChI=1S/C19H21F2N3O2/c20-15-6-5-14(13-16(15)21)23-19(25)7-8-22-17-3-1-2-4-18(17)24-9-11-26-12-10-24/h1-6,13,22H,7-12H2,(H,23,25). The molecule has 2 N–H and O–H groups in total. The molecule has 26 heavy (non-hydrogen) atoms. The van der Waals surface area contributed by atoms with Crippen molar-refractivity contribution >= 4 is 23.0 Å². The van der Waals surface area contributed by atoms with Gasteiger partial charge >= 0.3 is 0 Å². The minimum Gasteiger partial charge on any atom is -0.383 e. The predicted molar refractivity (Wildman–Crippen MR) is 97.6 cm³/mol. The van der Waals surface area contributed by atoms with E-state index in [0.717, 1.165) is 36.6 Å². The van der Waals surface area contributed by atoms with Crippen molar-refractivity contribution in [3.8, 4) is 0 Å². The summed E-state index contributed by atoms with van der Waals surface area (Å²) in [6.45, 7) is 3.48. The van der Waals surface area contributed by atoms with Gasteiger partial charge in [0.2, 0.25) is 5.91 Å². The number of morpholine rings is 1. The van der Waals surface area contributed by atoms with Crippen LogP contribution < -0.4 is 15.5 Å².